The largest absolute Gasteiger partial charge is 0.490 e. The van der Waals surface area contributed by atoms with Crippen molar-refractivity contribution in [3.63, 3.8) is 0 Å². The van der Waals surface area contributed by atoms with Gasteiger partial charge in [-0.15, -0.1) is 0 Å². The van der Waals surface area contributed by atoms with Gasteiger partial charge in [-0.05, 0) is 40.6 Å². The highest BCUT2D eigenvalue weighted by molar-refractivity contribution is 7.89. The van der Waals surface area contributed by atoms with Crippen molar-refractivity contribution in [3.05, 3.63) is 42.0 Å². The number of carbonyl (C=O) groups is 1. The SMILES string of the molecule is O=C(c1ccc2c(c1)OCCCO2)N1CCN(S(=O)(=O)c2cccc3nonc23)CC1. The number of rotatable bonds is 3. The van der Waals surface area contributed by atoms with Gasteiger partial charge in [0, 0.05) is 38.2 Å². The Morgan fingerprint density at radius 2 is 1.71 bits per heavy atom. The fourth-order valence-corrected chi connectivity index (χ4v) is 5.30. The van der Waals surface area contributed by atoms with Gasteiger partial charge in [0.2, 0.25) is 10.0 Å². The Bertz CT molecular complexity index is 1230. The first-order chi connectivity index (χ1) is 15.0. The van der Waals surface area contributed by atoms with Gasteiger partial charge in [-0.3, -0.25) is 4.79 Å². The predicted octanol–water partition coefficient (Wildman–Crippen LogP) is 1.53. The summed E-state index contributed by atoms with van der Waals surface area (Å²) in [6.45, 7) is 2.03. The van der Waals surface area contributed by atoms with Crippen LogP contribution in [0.5, 0.6) is 11.5 Å². The van der Waals surface area contributed by atoms with E-state index in [1.807, 2.05) is 0 Å². The van der Waals surface area contributed by atoms with E-state index in [1.54, 1.807) is 35.2 Å². The van der Waals surface area contributed by atoms with E-state index in [-0.39, 0.29) is 42.5 Å². The zero-order chi connectivity index (χ0) is 21.4. The van der Waals surface area contributed by atoms with E-state index in [4.69, 9.17) is 9.47 Å². The maximum absolute atomic E-state index is 13.1. The lowest BCUT2D eigenvalue weighted by molar-refractivity contribution is 0.0697. The quantitative estimate of drug-likeness (QED) is 0.597. The minimum absolute atomic E-state index is 0.0499. The summed E-state index contributed by atoms with van der Waals surface area (Å²) in [5.74, 6) is 1.01. The van der Waals surface area contributed by atoms with Crippen molar-refractivity contribution in [3.8, 4) is 11.5 Å². The number of fused-ring (bicyclic) bond motifs is 2. The molecule has 0 N–H and O–H groups in total. The molecule has 0 aliphatic carbocycles. The third-order valence-electron chi connectivity index (χ3n) is 5.39. The summed E-state index contributed by atoms with van der Waals surface area (Å²) < 4.78 is 43.5. The zero-order valence-electron chi connectivity index (χ0n) is 16.6. The molecule has 11 heteroatoms. The Morgan fingerprint density at radius 3 is 2.52 bits per heavy atom. The van der Waals surface area contributed by atoms with Crippen LogP contribution in [-0.4, -0.2) is 73.2 Å². The molecule has 2 aliphatic heterocycles. The van der Waals surface area contributed by atoms with Gasteiger partial charge >= 0.3 is 0 Å². The molecular formula is C20H20N4O6S. The molecule has 5 rings (SSSR count). The number of sulfonamides is 1. The molecule has 0 saturated carbocycles. The summed E-state index contributed by atoms with van der Waals surface area (Å²) in [5.41, 5.74) is 1.07. The first kappa shape index (κ1) is 19.8. The number of amides is 1. The van der Waals surface area contributed by atoms with Gasteiger partial charge in [-0.25, -0.2) is 13.0 Å². The molecule has 2 aliphatic rings. The third kappa shape index (κ3) is 3.59. The van der Waals surface area contributed by atoms with Crippen LogP contribution in [0, 0.1) is 0 Å². The average molecular weight is 444 g/mol. The highest BCUT2D eigenvalue weighted by Crippen LogP contribution is 2.31. The Morgan fingerprint density at radius 1 is 0.935 bits per heavy atom. The summed E-state index contributed by atoms with van der Waals surface area (Å²) >= 11 is 0. The van der Waals surface area contributed by atoms with Crippen molar-refractivity contribution >= 4 is 27.0 Å². The van der Waals surface area contributed by atoms with E-state index in [0.29, 0.717) is 35.8 Å². The van der Waals surface area contributed by atoms with Gasteiger partial charge in [-0.1, -0.05) is 6.07 Å². The molecule has 3 heterocycles. The Hall–Kier alpha value is -3.18. The lowest BCUT2D eigenvalue weighted by Crippen LogP contribution is -2.50. The number of piperazine rings is 1. The number of aromatic nitrogens is 2. The second-order valence-electron chi connectivity index (χ2n) is 7.30. The van der Waals surface area contributed by atoms with Crippen LogP contribution in [0.2, 0.25) is 0 Å². The molecule has 0 spiro atoms. The van der Waals surface area contributed by atoms with Gasteiger partial charge in [0.25, 0.3) is 5.91 Å². The monoisotopic (exact) mass is 444 g/mol. The van der Waals surface area contributed by atoms with Crippen LogP contribution in [0.15, 0.2) is 45.9 Å². The topological polar surface area (TPSA) is 115 Å². The zero-order valence-corrected chi connectivity index (χ0v) is 17.4. The van der Waals surface area contributed by atoms with Gasteiger partial charge in [-0.2, -0.15) is 4.31 Å². The highest BCUT2D eigenvalue weighted by Gasteiger charge is 2.32. The molecule has 31 heavy (non-hydrogen) atoms. The maximum Gasteiger partial charge on any atom is 0.254 e. The van der Waals surface area contributed by atoms with Crippen molar-refractivity contribution in [2.75, 3.05) is 39.4 Å². The standard InChI is InChI=1S/C20H20N4O6S/c25-20(14-5-6-16-17(13-14)29-12-2-11-28-16)23-7-9-24(10-8-23)31(26,27)18-4-1-3-15-19(18)22-30-21-15/h1,3-6,13H,2,7-12H2. The molecule has 10 nitrogen and oxygen atoms in total. The summed E-state index contributed by atoms with van der Waals surface area (Å²) in [4.78, 5) is 14.7. The molecule has 0 atom stereocenters. The fraction of sp³-hybridized carbons (Fsp3) is 0.350. The summed E-state index contributed by atoms with van der Waals surface area (Å²) in [6.07, 6.45) is 0.784. The molecule has 2 aromatic carbocycles. The van der Waals surface area contributed by atoms with Crippen molar-refractivity contribution in [1.82, 2.24) is 19.5 Å². The molecule has 0 bridgehead atoms. The predicted molar refractivity (Wildman–Crippen MR) is 109 cm³/mol. The number of carbonyl (C=O) groups excluding carboxylic acids is 1. The molecule has 1 fully saturated rings. The summed E-state index contributed by atoms with van der Waals surface area (Å²) in [6, 6.07) is 9.85. The van der Waals surface area contributed by atoms with E-state index in [2.05, 4.69) is 14.9 Å². The van der Waals surface area contributed by atoms with E-state index in [0.717, 1.165) is 6.42 Å². The fourth-order valence-electron chi connectivity index (χ4n) is 3.74. The Labute approximate surface area is 178 Å². The minimum Gasteiger partial charge on any atom is -0.490 e. The molecule has 1 aromatic heterocycles. The normalized spacial score (nSPS) is 17.5. The molecule has 0 unspecified atom stereocenters. The van der Waals surface area contributed by atoms with Crippen LogP contribution in [0.25, 0.3) is 11.0 Å². The van der Waals surface area contributed by atoms with E-state index in [9.17, 15) is 13.2 Å². The first-order valence-electron chi connectivity index (χ1n) is 9.94. The molecule has 3 aromatic rings. The van der Waals surface area contributed by atoms with Gasteiger partial charge in [0.05, 0.1) is 13.2 Å². The lowest BCUT2D eigenvalue weighted by Gasteiger charge is -2.34. The number of hydrogen-bond acceptors (Lipinski definition) is 8. The number of hydrogen-bond donors (Lipinski definition) is 0. The number of nitrogens with zero attached hydrogens (tertiary/aromatic N) is 4. The third-order valence-corrected chi connectivity index (χ3v) is 7.32. The molecule has 162 valence electrons. The van der Waals surface area contributed by atoms with Crippen LogP contribution in [0.3, 0.4) is 0 Å². The average Bonchev–Trinajstić information content (AvgIpc) is 3.16. The van der Waals surface area contributed by atoms with Gasteiger partial charge < -0.3 is 14.4 Å². The number of benzene rings is 2. The first-order valence-corrected chi connectivity index (χ1v) is 11.4. The maximum atomic E-state index is 13.1. The Kier molecular flexibility index (Phi) is 4.98. The van der Waals surface area contributed by atoms with E-state index >= 15 is 0 Å². The van der Waals surface area contributed by atoms with Crippen LogP contribution < -0.4 is 9.47 Å². The molecule has 1 amide bonds. The Balaban J connectivity index is 1.31. The van der Waals surface area contributed by atoms with E-state index in [1.165, 1.54) is 10.4 Å². The highest BCUT2D eigenvalue weighted by atomic mass is 32.2. The van der Waals surface area contributed by atoms with Crippen molar-refractivity contribution < 1.29 is 27.3 Å². The number of ether oxygens (including phenoxy) is 2. The van der Waals surface area contributed by atoms with Crippen molar-refractivity contribution in [1.29, 1.82) is 0 Å². The van der Waals surface area contributed by atoms with Gasteiger partial charge in [0.15, 0.2) is 17.0 Å². The second-order valence-corrected chi connectivity index (χ2v) is 9.20. The minimum atomic E-state index is -3.79. The second kappa shape index (κ2) is 7.82. The van der Waals surface area contributed by atoms with Crippen LogP contribution in [0.1, 0.15) is 16.8 Å². The van der Waals surface area contributed by atoms with Crippen molar-refractivity contribution in [2.24, 2.45) is 0 Å². The smallest absolute Gasteiger partial charge is 0.254 e. The van der Waals surface area contributed by atoms with E-state index < -0.39 is 10.0 Å². The summed E-state index contributed by atoms with van der Waals surface area (Å²) in [7, 11) is -3.79. The molecule has 1 saturated heterocycles. The van der Waals surface area contributed by atoms with Gasteiger partial charge in [0.1, 0.15) is 10.4 Å². The lowest BCUT2D eigenvalue weighted by atomic mass is 10.1. The van der Waals surface area contributed by atoms with Crippen molar-refractivity contribution in [2.45, 2.75) is 11.3 Å². The summed E-state index contributed by atoms with van der Waals surface area (Å²) in [5, 5.41) is 7.43. The van der Waals surface area contributed by atoms with Crippen LogP contribution >= 0.6 is 0 Å². The van der Waals surface area contributed by atoms with Crippen LogP contribution in [-0.2, 0) is 10.0 Å². The molecular weight excluding hydrogens is 424 g/mol. The molecule has 0 radical (unpaired) electrons. The van der Waals surface area contributed by atoms with Crippen LogP contribution in [0.4, 0.5) is 0 Å².